The maximum atomic E-state index is 12.7. The molecule has 0 aliphatic carbocycles. The van der Waals surface area contributed by atoms with Crippen LogP contribution in [0.4, 0.5) is 20.7 Å². The van der Waals surface area contributed by atoms with Crippen LogP contribution in [0.5, 0.6) is 0 Å². The fraction of sp³-hybridized carbons (Fsp3) is 0.250. The zero-order chi connectivity index (χ0) is 24.9. The van der Waals surface area contributed by atoms with Crippen molar-refractivity contribution in [1.82, 2.24) is 10.2 Å². The van der Waals surface area contributed by atoms with Crippen LogP contribution in [-0.2, 0) is 20.4 Å². The number of amides is 4. The van der Waals surface area contributed by atoms with Crippen molar-refractivity contribution in [3.63, 3.8) is 0 Å². The third-order valence-electron chi connectivity index (χ3n) is 7.62. The molecule has 2 aromatic carbocycles. The third-order valence-corrected chi connectivity index (χ3v) is 9.86. The van der Waals surface area contributed by atoms with E-state index in [9.17, 15) is 14.4 Å². The first-order valence-corrected chi connectivity index (χ1v) is 13.3. The summed E-state index contributed by atoms with van der Waals surface area (Å²) < 4.78 is 2.17. The predicted octanol–water partition coefficient (Wildman–Crippen LogP) is 4.58. The second kappa shape index (κ2) is 7.06. The van der Waals surface area contributed by atoms with E-state index in [4.69, 9.17) is 0 Å². The Morgan fingerprint density at radius 2 is 1.49 bits per heavy atom. The Balaban J connectivity index is 1.59. The van der Waals surface area contributed by atoms with Crippen LogP contribution < -0.4 is 10.2 Å². The molecule has 0 saturated carbocycles. The molecular weight excluding hydrogens is 505 g/mol. The van der Waals surface area contributed by atoms with Crippen LogP contribution in [0.1, 0.15) is 54.4 Å². The van der Waals surface area contributed by atoms with E-state index in [0.717, 1.165) is 9.34 Å². The van der Waals surface area contributed by atoms with Gasteiger partial charge in [0.25, 0.3) is 0 Å². The molecule has 176 valence electrons. The number of benzene rings is 2. The van der Waals surface area contributed by atoms with Gasteiger partial charge < -0.3 is 0 Å². The normalized spacial score (nSPS) is 20.4. The summed E-state index contributed by atoms with van der Waals surface area (Å²) in [6, 6.07) is 16.6. The summed E-state index contributed by atoms with van der Waals surface area (Å²) in [6.45, 7) is 9.07. The van der Waals surface area contributed by atoms with Crippen LogP contribution in [-0.4, -0.2) is 44.3 Å². The predicted molar refractivity (Wildman–Crippen MR) is 137 cm³/mol. The number of carbonyl (C=O) groups is 3. The Labute approximate surface area is 210 Å². The van der Waals surface area contributed by atoms with Gasteiger partial charge >= 0.3 is 210 Å². The van der Waals surface area contributed by atoms with Crippen molar-refractivity contribution in [2.45, 2.75) is 38.5 Å². The standard InChI is InChI=1S/C28H25N3O3Se/c1-27(2)17-9-6-7-12-21(17)31-22-18(27)10-8-11-19(22)28(3,4)20-14-15(35-25(20)31)13-16-23(32)29-26(34)30(5)24(16)33/h6-14H,1-5H3,(H,29,32,34)/b16-13+. The van der Waals surface area contributed by atoms with E-state index in [-0.39, 0.29) is 30.9 Å². The zero-order valence-corrected chi connectivity index (χ0v) is 21.9. The number of rotatable bonds is 1. The number of carbonyl (C=O) groups excluding carboxylic acids is 3. The number of nitrogens with zero attached hydrogens (tertiary/aromatic N) is 2. The van der Waals surface area contributed by atoms with E-state index in [2.05, 4.69) is 86.4 Å². The molecule has 3 aliphatic rings. The van der Waals surface area contributed by atoms with Gasteiger partial charge in [0.1, 0.15) is 0 Å². The molecule has 1 N–H and O–H groups in total. The van der Waals surface area contributed by atoms with Crippen molar-refractivity contribution in [3.05, 3.63) is 80.8 Å². The monoisotopic (exact) mass is 531 g/mol. The maximum absolute atomic E-state index is 12.7. The summed E-state index contributed by atoms with van der Waals surface area (Å²) in [5, 5.41) is 2.25. The van der Waals surface area contributed by atoms with E-state index in [1.54, 1.807) is 6.08 Å². The van der Waals surface area contributed by atoms with Crippen molar-refractivity contribution >= 4 is 54.4 Å². The zero-order valence-electron chi connectivity index (χ0n) is 20.2. The van der Waals surface area contributed by atoms with Gasteiger partial charge in [-0.2, -0.15) is 0 Å². The van der Waals surface area contributed by atoms with Gasteiger partial charge in [0.15, 0.2) is 0 Å². The molecule has 1 saturated heterocycles. The van der Waals surface area contributed by atoms with Crippen LogP contribution in [0.3, 0.4) is 0 Å². The van der Waals surface area contributed by atoms with Crippen LogP contribution in [0.25, 0.3) is 6.08 Å². The average molecular weight is 530 g/mol. The molecule has 0 spiro atoms. The van der Waals surface area contributed by atoms with Gasteiger partial charge in [-0.05, 0) is 0 Å². The quantitative estimate of drug-likeness (QED) is 0.284. The number of nitrogens with one attached hydrogen (secondary N) is 1. The fourth-order valence-corrected chi connectivity index (χ4v) is 8.27. The number of urea groups is 1. The summed E-state index contributed by atoms with van der Waals surface area (Å²) in [6.07, 6.45) is 1.67. The van der Waals surface area contributed by atoms with Crippen molar-refractivity contribution in [2.75, 3.05) is 11.9 Å². The van der Waals surface area contributed by atoms with Gasteiger partial charge in [-0.3, -0.25) is 0 Å². The van der Waals surface area contributed by atoms with Crippen molar-refractivity contribution in [1.29, 1.82) is 0 Å². The first-order chi connectivity index (χ1) is 16.5. The molecule has 1 fully saturated rings. The molecule has 6 rings (SSSR count). The average Bonchev–Trinajstić information content (AvgIpc) is 3.25. The number of anilines is 3. The number of para-hydroxylation sites is 2. The Morgan fingerprint density at radius 1 is 0.857 bits per heavy atom. The van der Waals surface area contributed by atoms with Gasteiger partial charge in [-0.25, -0.2) is 0 Å². The molecule has 4 amide bonds. The van der Waals surface area contributed by atoms with E-state index in [1.807, 2.05) is 0 Å². The molecule has 0 bridgehead atoms. The first-order valence-electron chi connectivity index (χ1n) is 11.6. The van der Waals surface area contributed by atoms with E-state index >= 15 is 0 Å². The molecule has 35 heavy (non-hydrogen) atoms. The van der Waals surface area contributed by atoms with Gasteiger partial charge in [-0.15, -0.1) is 0 Å². The van der Waals surface area contributed by atoms with Gasteiger partial charge in [-0.1, -0.05) is 0 Å². The molecule has 4 heterocycles. The number of likely N-dealkylation sites (N-methyl/N-ethyl adjacent to an activating group) is 1. The number of barbiturate groups is 1. The minimum atomic E-state index is -0.697. The molecule has 1 aromatic heterocycles. The summed E-state index contributed by atoms with van der Waals surface area (Å²) in [7, 11) is 1.38. The molecule has 0 radical (unpaired) electrons. The summed E-state index contributed by atoms with van der Waals surface area (Å²) in [4.78, 5) is 40.4. The number of imide groups is 2. The van der Waals surface area contributed by atoms with Gasteiger partial charge in [0, 0.05) is 0 Å². The molecule has 0 atom stereocenters. The second-order valence-electron chi connectivity index (χ2n) is 10.4. The summed E-state index contributed by atoms with van der Waals surface area (Å²) >= 11 is -0.139. The Kier molecular flexibility index (Phi) is 4.45. The van der Waals surface area contributed by atoms with Crippen molar-refractivity contribution < 1.29 is 14.4 Å². The van der Waals surface area contributed by atoms with E-state index in [1.165, 1.54) is 45.2 Å². The van der Waals surface area contributed by atoms with Crippen molar-refractivity contribution in [2.24, 2.45) is 0 Å². The molecule has 7 heteroatoms. The second-order valence-corrected chi connectivity index (χ2v) is 12.6. The number of fused-ring (bicyclic) bond motifs is 4. The number of hydrogen-bond acceptors (Lipinski definition) is 4. The molecule has 3 aromatic rings. The van der Waals surface area contributed by atoms with Gasteiger partial charge in [0.2, 0.25) is 0 Å². The summed E-state index contributed by atoms with van der Waals surface area (Å²) in [5.74, 6) is -1.22. The Morgan fingerprint density at radius 3 is 2.20 bits per heavy atom. The van der Waals surface area contributed by atoms with Crippen LogP contribution in [0.2, 0.25) is 0 Å². The summed E-state index contributed by atoms with van der Waals surface area (Å²) in [5.41, 5.74) is 7.11. The minimum absolute atomic E-state index is 0.00346. The Hall–Kier alpha value is -3.41. The molecule has 0 unspecified atom stereocenters. The van der Waals surface area contributed by atoms with Crippen LogP contribution in [0.15, 0.2) is 54.1 Å². The van der Waals surface area contributed by atoms with Gasteiger partial charge in [0.05, 0.1) is 0 Å². The topological polar surface area (TPSA) is 69.7 Å². The van der Waals surface area contributed by atoms with E-state index < -0.39 is 17.8 Å². The molecule has 3 aliphatic heterocycles. The molecule has 6 nitrogen and oxygen atoms in total. The third kappa shape index (κ3) is 2.85. The van der Waals surface area contributed by atoms with Crippen molar-refractivity contribution in [3.8, 4) is 0 Å². The van der Waals surface area contributed by atoms with Crippen LogP contribution >= 0.6 is 0 Å². The number of hydrogen-bond donors (Lipinski definition) is 1. The first kappa shape index (κ1) is 22.1. The molecular formula is C28H25N3O3Se. The Bertz CT molecular complexity index is 1510. The SMILES string of the molecule is CN1C(=O)NC(=O)/C(=C\c2cc3c([se]2)N2c4ccccc4C(C)(C)c4cccc(c42)C3(C)C)C1=O. The fourth-order valence-electron chi connectivity index (χ4n) is 5.58. The van der Waals surface area contributed by atoms with Crippen LogP contribution in [0, 0.1) is 0 Å². The van der Waals surface area contributed by atoms with E-state index in [0.29, 0.717) is 0 Å².